The topological polar surface area (TPSA) is 15.3 Å². The third-order valence-electron chi connectivity index (χ3n) is 4.28. The quantitative estimate of drug-likeness (QED) is 0.736. The molecule has 0 saturated carbocycles. The fourth-order valence-corrected chi connectivity index (χ4v) is 2.67. The zero-order valence-corrected chi connectivity index (χ0v) is 14.0. The number of hydrogen-bond donors (Lipinski definition) is 1. The first-order valence-electron chi connectivity index (χ1n) is 8.09. The Bertz CT molecular complexity index is 363. The molecule has 0 spiro atoms. The lowest BCUT2D eigenvalue weighted by atomic mass is 10.0. The van der Waals surface area contributed by atoms with E-state index in [1.165, 1.54) is 49.2 Å². The minimum atomic E-state index is 0.588. The fraction of sp³-hybridized carbons (Fsp3) is 0.667. The Labute approximate surface area is 125 Å². The van der Waals surface area contributed by atoms with Crippen molar-refractivity contribution >= 4 is 0 Å². The van der Waals surface area contributed by atoms with Gasteiger partial charge in [0.1, 0.15) is 0 Å². The summed E-state index contributed by atoms with van der Waals surface area (Å²) < 4.78 is 0. The van der Waals surface area contributed by atoms with Gasteiger partial charge in [0.05, 0.1) is 0 Å². The average Bonchev–Trinajstić information content (AvgIpc) is 2.43. The molecule has 1 aromatic carbocycles. The van der Waals surface area contributed by atoms with Crippen LogP contribution in [0.25, 0.3) is 0 Å². The molecular weight excluding hydrogens is 244 g/mol. The molecule has 0 radical (unpaired) electrons. The lowest BCUT2D eigenvalue weighted by molar-refractivity contribution is 0.290. The molecule has 0 aromatic heterocycles. The van der Waals surface area contributed by atoms with Crippen LogP contribution in [-0.2, 0) is 6.54 Å². The summed E-state index contributed by atoms with van der Waals surface area (Å²) in [7, 11) is 0. The summed E-state index contributed by atoms with van der Waals surface area (Å²) in [6.07, 6.45) is 2.53. The molecule has 0 heterocycles. The van der Waals surface area contributed by atoms with Gasteiger partial charge in [0.15, 0.2) is 0 Å². The Morgan fingerprint density at radius 3 is 2.25 bits per heavy atom. The number of nitrogens with one attached hydrogen (secondary N) is 1. The Kier molecular flexibility index (Phi) is 7.86. The second-order valence-electron chi connectivity index (χ2n) is 5.82. The van der Waals surface area contributed by atoms with Crippen molar-refractivity contribution in [3.05, 3.63) is 34.9 Å². The molecule has 0 fully saturated rings. The van der Waals surface area contributed by atoms with Crippen LogP contribution in [0.2, 0.25) is 0 Å². The van der Waals surface area contributed by atoms with E-state index in [4.69, 9.17) is 0 Å². The van der Waals surface area contributed by atoms with Gasteiger partial charge < -0.3 is 10.2 Å². The lowest BCUT2D eigenvalue weighted by Gasteiger charge is -2.20. The summed E-state index contributed by atoms with van der Waals surface area (Å²) >= 11 is 0. The molecule has 0 bridgehead atoms. The highest BCUT2D eigenvalue weighted by molar-refractivity contribution is 5.33. The Balaban J connectivity index is 2.31. The number of aryl methyl sites for hydroxylation is 2. The molecule has 1 unspecified atom stereocenters. The second kappa shape index (κ2) is 9.15. The zero-order chi connectivity index (χ0) is 15.0. The SMILES string of the molecule is CCN(CC)CCCC(C)NCc1c(C)cccc1C. The van der Waals surface area contributed by atoms with Crippen LogP contribution in [-0.4, -0.2) is 30.6 Å². The van der Waals surface area contributed by atoms with E-state index in [1.54, 1.807) is 0 Å². The fourth-order valence-electron chi connectivity index (χ4n) is 2.67. The number of rotatable bonds is 9. The predicted molar refractivity (Wildman–Crippen MR) is 89.2 cm³/mol. The van der Waals surface area contributed by atoms with Crippen LogP contribution in [0.3, 0.4) is 0 Å². The monoisotopic (exact) mass is 276 g/mol. The molecule has 1 atom stereocenters. The third-order valence-corrected chi connectivity index (χ3v) is 4.28. The van der Waals surface area contributed by atoms with Crippen molar-refractivity contribution in [2.75, 3.05) is 19.6 Å². The summed E-state index contributed by atoms with van der Waals surface area (Å²) in [6.45, 7) is 15.7. The van der Waals surface area contributed by atoms with Crippen molar-refractivity contribution in [2.24, 2.45) is 0 Å². The van der Waals surface area contributed by atoms with Gasteiger partial charge in [-0.25, -0.2) is 0 Å². The highest BCUT2D eigenvalue weighted by Gasteiger charge is 2.06. The van der Waals surface area contributed by atoms with Crippen molar-refractivity contribution in [2.45, 2.75) is 60.0 Å². The molecule has 2 nitrogen and oxygen atoms in total. The van der Waals surface area contributed by atoms with Crippen LogP contribution < -0.4 is 5.32 Å². The van der Waals surface area contributed by atoms with Gasteiger partial charge in [-0.2, -0.15) is 0 Å². The molecule has 1 N–H and O–H groups in total. The normalized spacial score (nSPS) is 12.9. The molecule has 0 aliphatic rings. The summed E-state index contributed by atoms with van der Waals surface area (Å²) in [5.74, 6) is 0. The van der Waals surface area contributed by atoms with Crippen molar-refractivity contribution < 1.29 is 0 Å². The predicted octanol–water partition coefficient (Wildman–Crippen LogP) is 3.90. The van der Waals surface area contributed by atoms with Gasteiger partial charge in [-0.05, 0) is 69.9 Å². The van der Waals surface area contributed by atoms with Crippen LogP contribution in [0.1, 0.15) is 50.3 Å². The smallest absolute Gasteiger partial charge is 0.0213 e. The molecule has 1 rings (SSSR count). The van der Waals surface area contributed by atoms with Gasteiger partial charge in [0.25, 0.3) is 0 Å². The Hall–Kier alpha value is -0.860. The van der Waals surface area contributed by atoms with Crippen molar-refractivity contribution in [3.8, 4) is 0 Å². The van der Waals surface area contributed by atoms with Crippen molar-refractivity contribution in [3.63, 3.8) is 0 Å². The van der Waals surface area contributed by atoms with Crippen LogP contribution in [0.5, 0.6) is 0 Å². The standard InChI is InChI=1S/C18H32N2/c1-6-20(7-2)13-9-12-17(5)19-14-18-15(3)10-8-11-16(18)4/h8,10-11,17,19H,6-7,9,12-14H2,1-5H3. The minimum absolute atomic E-state index is 0.588. The van der Waals surface area contributed by atoms with Crippen molar-refractivity contribution in [1.29, 1.82) is 0 Å². The molecule has 0 amide bonds. The van der Waals surface area contributed by atoms with Crippen LogP contribution >= 0.6 is 0 Å². The highest BCUT2D eigenvalue weighted by atomic mass is 15.1. The maximum Gasteiger partial charge on any atom is 0.0213 e. The Morgan fingerprint density at radius 1 is 1.10 bits per heavy atom. The van der Waals surface area contributed by atoms with Gasteiger partial charge in [-0.1, -0.05) is 32.0 Å². The minimum Gasteiger partial charge on any atom is -0.310 e. The van der Waals surface area contributed by atoms with E-state index >= 15 is 0 Å². The van der Waals surface area contributed by atoms with E-state index in [2.05, 4.69) is 63.0 Å². The van der Waals surface area contributed by atoms with Gasteiger partial charge in [0.2, 0.25) is 0 Å². The molecule has 0 saturated heterocycles. The van der Waals surface area contributed by atoms with E-state index in [-0.39, 0.29) is 0 Å². The third kappa shape index (κ3) is 5.64. The van der Waals surface area contributed by atoms with E-state index in [1.807, 2.05) is 0 Å². The average molecular weight is 276 g/mol. The molecule has 2 heteroatoms. The number of nitrogens with zero attached hydrogens (tertiary/aromatic N) is 1. The molecule has 0 aliphatic heterocycles. The first kappa shape index (κ1) is 17.2. The highest BCUT2D eigenvalue weighted by Crippen LogP contribution is 2.13. The van der Waals surface area contributed by atoms with Gasteiger partial charge >= 0.3 is 0 Å². The van der Waals surface area contributed by atoms with E-state index < -0.39 is 0 Å². The van der Waals surface area contributed by atoms with Crippen LogP contribution in [0.15, 0.2) is 18.2 Å². The first-order valence-corrected chi connectivity index (χ1v) is 8.09. The summed E-state index contributed by atoms with van der Waals surface area (Å²) in [5.41, 5.74) is 4.25. The van der Waals surface area contributed by atoms with Crippen LogP contribution in [0.4, 0.5) is 0 Å². The summed E-state index contributed by atoms with van der Waals surface area (Å²) in [5, 5.41) is 3.67. The molecular formula is C18H32N2. The Morgan fingerprint density at radius 2 is 1.70 bits per heavy atom. The molecule has 0 aliphatic carbocycles. The van der Waals surface area contributed by atoms with E-state index in [9.17, 15) is 0 Å². The van der Waals surface area contributed by atoms with E-state index in [0.717, 1.165) is 6.54 Å². The summed E-state index contributed by atoms with van der Waals surface area (Å²) in [6, 6.07) is 7.13. The first-order chi connectivity index (χ1) is 9.58. The molecule has 114 valence electrons. The van der Waals surface area contributed by atoms with Gasteiger partial charge in [-0.15, -0.1) is 0 Å². The maximum absolute atomic E-state index is 3.67. The van der Waals surface area contributed by atoms with E-state index in [0.29, 0.717) is 6.04 Å². The maximum atomic E-state index is 3.67. The molecule has 20 heavy (non-hydrogen) atoms. The van der Waals surface area contributed by atoms with Crippen LogP contribution in [0, 0.1) is 13.8 Å². The molecule has 1 aromatic rings. The lowest BCUT2D eigenvalue weighted by Crippen LogP contribution is -2.29. The summed E-state index contributed by atoms with van der Waals surface area (Å²) in [4.78, 5) is 2.50. The number of benzene rings is 1. The van der Waals surface area contributed by atoms with Gasteiger partial charge in [-0.3, -0.25) is 0 Å². The largest absolute Gasteiger partial charge is 0.310 e. The second-order valence-corrected chi connectivity index (χ2v) is 5.82. The van der Waals surface area contributed by atoms with Gasteiger partial charge in [0, 0.05) is 12.6 Å². The number of hydrogen-bond acceptors (Lipinski definition) is 2. The zero-order valence-electron chi connectivity index (χ0n) is 14.0. The van der Waals surface area contributed by atoms with Crippen molar-refractivity contribution in [1.82, 2.24) is 10.2 Å².